The van der Waals surface area contributed by atoms with Gasteiger partial charge in [-0.1, -0.05) is 35.9 Å². The van der Waals surface area contributed by atoms with Crippen LogP contribution in [0.15, 0.2) is 60.9 Å². The summed E-state index contributed by atoms with van der Waals surface area (Å²) in [5.74, 6) is 0.240. The Hall–Kier alpha value is -2.83. The van der Waals surface area contributed by atoms with E-state index in [4.69, 9.17) is 22.1 Å². The second-order valence-corrected chi connectivity index (χ2v) is 7.54. The van der Waals surface area contributed by atoms with Crippen molar-refractivity contribution in [3.05, 3.63) is 76.4 Å². The number of halogens is 1. The number of rotatable bonds is 6. The van der Waals surface area contributed by atoms with E-state index in [1.54, 1.807) is 0 Å². The molecule has 0 atom stereocenters. The Kier molecular flexibility index (Phi) is 4.83. The van der Waals surface area contributed by atoms with E-state index in [2.05, 4.69) is 4.98 Å². The molecule has 0 fully saturated rings. The Morgan fingerprint density at radius 1 is 1.22 bits per heavy atom. The maximum absolute atomic E-state index is 11.5. The average molecular weight is 398 g/mol. The van der Waals surface area contributed by atoms with Crippen LogP contribution in [0.3, 0.4) is 0 Å². The average Bonchev–Trinajstić information content (AvgIpc) is 3.24. The molecule has 0 saturated carbocycles. The highest BCUT2D eigenvalue weighted by Crippen LogP contribution is 2.37. The number of amides is 1. The van der Waals surface area contributed by atoms with Crippen molar-refractivity contribution >= 4 is 34.5 Å². The molecule has 0 aliphatic rings. The Bertz CT molecular complexity index is 1120. The summed E-state index contributed by atoms with van der Waals surface area (Å²) in [7, 11) is 0. The molecule has 3 aromatic heterocycles. The molecular weight excluding hydrogens is 382 g/mol. The van der Waals surface area contributed by atoms with Gasteiger partial charge in [0.2, 0.25) is 5.91 Å². The molecule has 0 radical (unpaired) electrons. The van der Waals surface area contributed by atoms with Crippen LogP contribution < -0.4 is 10.5 Å². The van der Waals surface area contributed by atoms with Crippen molar-refractivity contribution in [3.8, 4) is 16.3 Å². The van der Waals surface area contributed by atoms with Crippen LogP contribution in [0.4, 0.5) is 0 Å². The van der Waals surface area contributed by atoms with Crippen molar-refractivity contribution in [2.24, 2.45) is 5.73 Å². The third kappa shape index (κ3) is 3.67. The van der Waals surface area contributed by atoms with Crippen molar-refractivity contribution in [3.63, 3.8) is 0 Å². The highest BCUT2D eigenvalue weighted by atomic mass is 35.5. The van der Waals surface area contributed by atoms with Gasteiger partial charge in [0.1, 0.15) is 18.0 Å². The third-order valence-electron chi connectivity index (χ3n) is 4.12. The van der Waals surface area contributed by atoms with Crippen molar-refractivity contribution < 1.29 is 9.53 Å². The maximum Gasteiger partial charge on any atom is 0.222 e. The first kappa shape index (κ1) is 17.6. The molecule has 5 nitrogen and oxygen atoms in total. The smallest absolute Gasteiger partial charge is 0.222 e. The molecule has 136 valence electrons. The van der Waals surface area contributed by atoms with Crippen molar-refractivity contribution in [2.75, 3.05) is 0 Å². The molecule has 27 heavy (non-hydrogen) atoms. The van der Waals surface area contributed by atoms with Crippen LogP contribution in [0.1, 0.15) is 10.4 Å². The maximum atomic E-state index is 11.5. The molecule has 4 aromatic rings. The molecule has 0 unspecified atom stereocenters. The number of pyridine rings is 1. The number of carbonyl (C=O) groups excluding carboxylic acids is 1. The number of ether oxygens (including phenoxy) is 1. The highest BCUT2D eigenvalue weighted by Gasteiger charge is 2.17. The number of carbonyl (C=O) groups is 1. The Balaban J connectivity index is 1.68. The zero-order valence-corrected chi connectivity index (χ0v) is 15.8. The predicted molar refractivity (Wildman–Crippen MR) is 107 cm³/mol. The number of nitrogens with two attached hydrogens (primary N) is 1. The van der Waals surface area contributed by atoms with Gasteiger partial charge in [0.15, 0.2) is 0 Å². The third-order valence-corrected chi connectivity index (χ3v) is 5.62. The normalized spacial score (nSPS) is 11.0. The zero-order valence-electron chi connectivity index (χ0n) is 14.3. The number of hydrogen-bond donors (Lipinski definition) is 1. The van der Waals surface area contributed by atoms with E-state index in [1.807, 2.05) is 65.3 Å². The van der Waals surface area contributed by atoms with Gasteiger partial charge in [-0.25, -0.2) is 4.98 Å². The summed E-state index contributed by atoms with van der Waals surface area (Å²) in [6.07, 6.45) is 3.89. The summed E-state index contributed by atoms with van der Waals surface area (Å²) < 4.78 is 7.98. The molecule has 2 N–H and O–H groups in total. The van der Waals surface area contributed by atoms with Crippen LogP contribution in [0.2, 0.25) is 5.02 Å². The highest BCUT2D eigenvalue weighted by molar-refractivity contribution is 7.15. The van der Waals surface area contributed by atoms with E-state index in [0.29, 0.717) is 17.4 Å². The van der Waals surface area contributed by atoms with E-state index in [-0.39, 0.29) is 6.42 Å². The Morgan fingerprint density at radius 3 is 2.85 bits per heavy atom. The van der Waals surface area contributed by atoms with Crippen LogP contribution >= 0.6 is 22.9 Å². The summed E-state index contributed by atoms with van der Waals surface area (Å²) in [5, 5.41) is 0.645. The van der Waals surface area contributed by atoms with Crippen molar-refractivity contribution in [1.29, 1.82) is 0 Å². The molecule has 0 aliphatic heterocycles. The summed E-state index contributed by atoms with van der Waals surface area (Å²) in [4.78, 5) is 17.7. The van der Waals surface area contributed by atoms with Gasteiger partial charge in [-0.3, -0.25) is 9.20 Å². The van der Waals surface area contributed by atoms with Crippen molar-refractivity contribution in [2.45, 2.75) is 13.0 Å². The zero-order chi connectivity index (χ0) is 18.8. The second-order valence-electron chi connectivity index (χ2n) is 5.99. The monoisotopic (exact) mass is 397 g/mol. The first-order valence-corrected chi connectivity index (χ1v) is 9.51. The number of hydrogen-bond acceptors (Lipinski definition) is 4. The minimum absolute atomic E-state index is 0.124. The first-order valence-electron chi connectivity index (χ1n) is 8.31. The summed E-state index contributed by atoms with van der Waals surface area (Å²) >= 11 is 7.68. The molecule has 4 rings (SSSR count). The SMILES string of the molecule is NC(=O)Cc1sc(-c2cnc3ccccn23)cc1OCc1ccccc1Cl. The summed E-state index contributed by atoms with van der Waals surface area (Å²) in [6, 6.07) is 15.3. The van der Waals surface area contributed by atoms with E-state index < -0.39 is 5.91 Å². The minimum Gasteiger partial charge on any atom is -0.488 e. The molecule has 1 aromatic carbocycles. The fourth-order valence-corrected chi connectivity index (χ4v) is 4.14. The molecule has 7 heteroatoms. The number of benzene rings is 1. The van der Waals surface area contributed by atoms with Crippen LogP contribution in [0.5, 0.6) is 5.75 Å². The quantitative estimate of drug-likeness (QED) is 0.526. The predicted octanol–water partition coefficient (Wildman–Crippen LogP) is 4.32. The fourth-order valence-electron chi connectivity index (χ4n) is 2.83. The first-order chi connectivity index (χ1) is 13.1. The molecule has 0 spiro atoms. The lowest BCUT2D eigenvalue weighted by molar-refractivity contribution is -0.117. The number of fused-ring (bicyclic) bond motifs is 1. The minimum atomic E-state index is -0.399. The van der Waals surface area contributed by atoms with Gasteiger partial charge in [-0.15, -0.1) is 11.3 Å². The largest absolute Gasteiger partial charge is 0.488 e. The van der Waals surface area contributed by atoms with E-state index in [1.165, 1.54) is 11.3 Å². The van der Waals surface area contributed by atoms with Gasteiger partial charge in [0, 0.05) is 22.8 Å². The van der Waals surface area contributed by atoms with Gasteiger partial charge < -0.3 is 10.5 Å². The lowest BCUT2D eigenvalue weighted by Gasteiger charge is -2.07. The van der Waals surface area contributed by atoms with Crippen LogP contribution in [-0.2, 0) is 17.8 Å². The van der Waals surface area contributed by atoms with Crippen molar-refractivity contribution in [1.82, 2.24) is 9.38 Å². The van der Waals surface area contributed by atoms with Crippen LogP contribution in [0, 0.1) is 0 Å². The van der Waals surface area contributed by atoms with Crippen LogP contribution in [0.25, 0.3) is 16.2 Å². The number of primary amides is 1. The van der Waals surface area contributed by atoms with Gasteiger partial charge in [0.05, 0.1) is 28.1 Å². The summed E-state index contributed by atoms with van der Waals surface area (Å²) in [5.41, 5.74) is 8.09. The summed E-state index contributed by atoms with van der Waals surface area (Å²) in [6.45, 7) is 0.314. The Labute approximate surface area is 165 Å². The van der Waals surface area contributed by atoms with E-state index >= 15 is 0 Å². The number of nitrogens with zero attached hydrogens (tertiary/aromatic N) is 2. The van der Waals surface area contributed by atoms with Crippen LogP contribution in [-0.4, -0.2) is 15.3 Å². The van der Waals surface area contributed by atoms with E-state index in [9.17, 15) is 4.79 Å². The van der Waals surface area contributed by atoms with Gasteiger partial charge in [0.25, 0.3) is 0 Å². The fraction of sp³-hybridized carbons (Fsp3) is 0.100. The van der Waals surface area contributed by atoms with Gasteiger partial charge in [-0.05, 0) is 18.2 Å². The molecular formula is C20H16ClN3O2S. The molecule has 3 heterocycles. The molecule has 0 saturated heterocycles. The lowest BCUT2D eigenvalue weighted by Crippen LogP contribution is -2.13. The molecule has 0 bridgehead atoms. The number of imidazole rings is 1. The number of thiophene rings is 1. The topological polar surface area (TPSA) is 69.6 Å². The Morgan fingerprint density at radius 2 is 2.04 bits per heavy atom. The lowest BCUT2D eigenvalue weighted by atomic mass is 10.2. The molecule has 0 aliphatic carbocycles. The van der Waals surface area contributed by atoms with E-state index in [0.717, 1.165) is 26.7 Å². The van der Waals surface area contributed by atoms with Gasteiger partial charge >= 0.3 is 0 Å². The number of aromatic nitrogens is 2. The molecule has 1 amide bonds. The standard InChI is InChI=1S/C20H16ClN3O2S/c21-14-6-2-1-5-13(14)12-26-16-9-17(27-18(16)10-19(22)25)15-11-23-20-7-3-4-8-24(15)20/h1-9,11H,10,12H2,(H2,22,25). The second kappa shape index (κ2) is 7.42. The van der Waals surface area contributed by atoms with Gasteiger partial charge in [-0.2, -0.15) is 0 Å².